The molecule has 182 valence electrons. The van der Waals surface area contributed by atoms with Gasteiger partial charge in [0.15, 0.2) is 0 Å². The zero-order valence-electron chi connectivity index (χ0n) is 20.6. The van der Waals surface area contributed by atoms with Gasteiger partial charge in [-0.1, -0.05) is 79.3 Å². The second-order valence-corrected chi connectivity index (χ2v) is 9.16. The number of hydrogen-bond acceptors (Lipinski definition) is 3. The Balaban J connectivity index is 1.31. The molecule has 0 spiro atoms. The topological polar surface area (TPSA) is 43.8 Å². The predicted octanol–water partition coefficient (Wildman–Crippen LogP) is 6.70. The summed E-state index contributed by atoms with van der Waals surface area (Å²) >= 11 is 0. The molecule has 0 saturated heterocycles. The molecule has 1 N–H and O–H groups in total. The maximum atomic E-state index is 10.8. The SMILES string of the molecule is CCN1\C(=C/C=C/C=C/C=C/C2Cc3ccccc3N2CCCCCC(=O)O)Cc2ccccc21. The first-order valence-electron chi connectivity index (χ1n) is 12.8. The van der Waals surface area contributed by atoms with Crippen LogP contribution in [-0.2, 0) is 17.6 Å². The lowest BCUT2D eigenvalue weighted by Gasteiger charge is -2.25. The molecule has 0 saturated carbocycles. The van der Waals surface area contributed by atoms with Crippen LogP contribution in [0.25, 0.3) is 0 Å². The molecule has 0 bridgehead atoms. The summed E-state index contributed by atoms with van der Waals surface area (Å²) in [5.74, 6) is -0.703. The smallest absolute Gasteiger partial charge is 0.303 e. The van der Waals surface area contributed by atoms with Crippen molar-refractivity contribution >= 4 is 17.3 Å². The van der Waals surface area contributed by atoms with E-state index < -0.39 is 5.97 Å². The molecule has 4 rings (SSSR count). The van der Waals surface area contributed by atoms with Crippen molar-refractivity contribution in [3.05, 3.63) is 108 Å². The monoisotopic (exact) mass is 468 g/mol. The largest absolute Gasteiger partial charge is 0.481 e. The number of carboxylic acids is 1. The first kappa shape index (κ1) is 24.6. The second-order valence-electron chi connectivity index (χ2n) is 9.16. The van der Waals surface area contributed by atoms with Crippen LogP contribution < -0.4 is 9.80 Å². The van der Waals surface area contributed by atoms with Crippen LogP contribution in [0.4, 0.5) is 11.4 Å². The Labute approximate surface area is 209 Å². The molecule has 0 radical (unpaired) electrons. The van der Waals surface area contributed by atoms with E-state index in [-0.39, 0.29) is 6.42 Å². The number of likely N-dealkylation sites (N-methyl/N-ethyl adjacent to an activating group) is 1. The highest BCUT2D eigenvalue weighted by atomic mass is 16.4. The van der Waals surface area contributed by atoms with Gasteiger partial charge < -0.3 is 14.9 Å². The number of allylic oxidation sites excluding steroid dienone is 7. The molecular weight excluding hydrogens is 432 g/mol. The summed E-state index contributed by atoms with van der Waals surface area (Å²) in [5.41, 5.74) is 6.78. The summed E-state index contributed by atoms with van der Waals surface area (Å²) in [4.78, 5) is 15.6. The number of anilines is 2. The highest BCUT2D eigenvalue weighted by molar-refractivity contribution is 5.66. The lowest BCUT2D eigenvalue weighted by Crippen LogP contribution is -2.31. The van der Waals surface area contributed by atoms with Gasteiger partial charge in [-0.3, -0.25) is 4.79 Å². The number of aliphatic carboxylic acids is 1. The van der Waals surface area contributed by atoms with Crippen LogP contribution >= 0.6 is 0 Å². The summed E-state index contributed by atoms with van der Waals surface area (Å²) in [7, 11) is 0. The molecule has 4 heteroatoms. The van der Waals surface area contributed by atoms with E-state index in [0.29, 0.717) is 6.04 Å². The van der Waals surface area contributed by atoms with Crippen molar-refractivity contribution in [2.45, 2.75) is 51.5 Å². The minimum Gasteiger partial charge on any atom is -0.481 e. The fourth-order valence-corrected chi connectivity index (χ4v) is 5.11. The quantitative estimate of drug-likeness (QED) is 0.294. The minimum absolute atomic E-state index is 0.262. The van der Waals surface area contributed by atoms with Crippen LogP contribution in [-0.4, -0.2) is 30.2 Å². The van der Waals surface area contributed by atoms with Crippen molar-refractivity contribution in [2.24, 2.45) is 0 Å². The molecule has 4 nitrogen and oxygen atoms in total. The Morgan fingerprint density at radius 1 is 0.914 bits per heavy atom. The van der Waals surface area contributed by atoms with Crippen LogP contribution in [0, 0.1) is 0 Å². The highest BCUT2D eigenvalue weighted by Crippen LogP contribution is 2.34. The summed E-state index contributed by atoms with van der Waals surface area (Å²) in [6, 6.07) is 17.6. The number of hydrogen-bond donors (Lipinski definition) is 1. The minimum atomic E-state index is -0.703. The lowest BCUT2D eigenvalue weighted by molar-refractivity contribution is -0.137. The van der Waals surface area contributed by atoms with Crippen LogP contribution in [0.1, 0.15) is 43.7 Å². The van der Waals surface area contributed by atoms with Gasteiger partial charge in [0.1, 0.15) is 0 Å². The molecule has 0 amide bonds. The number of fused-ring (bicyclic) bond motifs is 2. The molecule has 1 atom stereocenters. The van der Waals surface area contributed by atoms with Gasteiger partial charge in [-0.25, -0.2) is 0 Å². The molecular formula is C31H36N2O2. The molecule has 0 aliphatic carbocycles. The van der Waals surface area contributed by atoms with Gasteiger partial charge >= 0.3 is 5.97 Å². The van der Waals surface area contributed by atoms with E-state index in [1.807, 2.05) is 0 Å². The summed E-state index contributed by atoms with van der Waals surface area (Å²) in [5, 5.41) is 8.85. The third kappa shape index (κ3) is 6.33. The van der Waals surface area contributed by atoms with E-state index in [1.54, 1.807) is 0 Å². The fourth-order valence-electron chi connectivity index (χ4n) is 5.11. The van der Waals surface area contributed by atoms with Crippen LogP contribution in [0.15, 0.2) is 96.8 Å². The molecule has 1 unspecified atom stereocenters. The maximum Gasteiger partial charge on any atom is 0.303 e. The molecule has 2 aromatic rings. The number of unbranched alkanes of at least 4 members (excludes halogenated alkanes) is 2. The summed E-state index contributed by atoms with van der Waals surface area (Å²) < 4.78 is 0. The Morgan fingerprint density at radius 2 is 1.63 bits per heavy atom. The number of benzene rings is 2. The Bertz CT molecular complexity index is 1130. The number of carbonyl (C=O) groups is 1. The molecule has 2 aliphatic rings. The molecule has 0 aromatic heterocycles. The van der Waals surface area contributed by atoms with Gasteiger partial charge in [0.2, 0.25) is 0 Å². The van der Waals surface area contributed by atoms with Gasteiger partial charge in [-0.2, -0.15) is 0 Å². The van der Waals surface area contributed by atoms with E-state index >= 15 is 0 Å². The number of carboxylic acid groups (broad SMARTS) is 1. The van der Waals surface area contributed by atoms with E-state index in [4.69, 9.17) is 5.11 Å². The fraction of sp³-hybridized carbons (Fsp3) is 0.323. The van der Waals surface area contributed by atoms with E-state index in [9.17, 15) is 4.79 Å². The molecule has 2 aliphatic heterocycles. The third-order valence-electron chi connectivity index (χ3n) is 6.80. The third-order valence-corrected chi connectivity index (χ3v) is 6.80. The predicted molar refractivity (Wildman–Crippen MR) is 146 cm³/mol. The zero-order chi connectivity index (χ0) is 24.5. The Hall–Kier alpha value is -3.53. The van der Waals surface area contributed by atoms with Gasteiger partial charge in [0.05, 0.1) is 6.04 Å². The van der Waals surface area contributed by atoms with Gasteiger partial charge in [-0.15, -0.1) is 0 Å². The van der Waals surface area contributed by atoms with Crippen LogP contribution in [0.2, 0.25) is 0 Å². The Kier molecular flexibility index (Phi) is 8.61. The van der Waals surface area contributed by atoms with Crippen molar-refractivity contribution in [3.8, 4) is 0 Å². The maximum absolute atomic E-state index is 10.8. The first-order chi connectivity index (χ1) is 17.2. The van der Waals surface area contributed by atoms with E-state index in [1.165, 1.54) is 28.2 Å². The van der Waals surface area contributed by atoms with Crippen LogP contribution in [0.3, 0.4) is 0 Å². The van der Waals surface area contributed by atoms with Crippen LogP contribution in [0.5, 0.6) is 0 Å². The Morgan fingerprint density at radius 3 is 2.43 bits per heavy atom. The van der Waals surface area contributed by atoms with Crippen molar-refractivity contribution in [2.75, 3.05) is 22.9 Å². The van der Waals surface area contributed by atoms with Crippen molar-refractivity contribution in [1.29, 1.82) is 0 Å². The number of para-hydroxylation sites is 2. The second kappa shape index (κ2) is 12.3. The zero-order valence-corrected chi connectivity index (χ0v) is 20.6. The van der Waals surface area contributed by atoms with E-state index in [2.05, 4.69) is 108 Å². The van der Waals surface area contributed by atoms with Crippen molar-refractivity contribution in [1.82, 2.24) is 0 Å². The molecule has 2 heterocycles. The molecule has 2 aromatic carbocycles. The average Bonchev–Trinajstić information content (AvgIpc) is 3.40. The summed E-state index contributed by atoms with van der Waals surface area (Å²) in [6.07, 6.45) is 20.0. The summed E-state index contributed by atoms with van der Waals surface area (Å²) in [6.45, 7) is 4.14. The lowest BCUT2D eigenvalue weighted by atomic mass is 10.1. The van der Waals surface area contributed by atoms with E-state index in [0.717, 1.165) is 45.2 Å². The first-order valence-corrected chi connectivity index (χ1v) is 12.8. The van der Waals surface area contributed by atoms with Gasteiger partial charge in [0.25, 0.3) is 0 Å². The average molecular weight is 469 g/mol. The van der Waals surface area contributed by atoms with Crippen molar-refractivity contribution in [3.63, 3.8) is 0 Å². The molecule has 35 heavy (non-hydrogen) atoms. The van der Waals surface area contributed by atoms with Gasteiger partial charge in [0, 0.05) is 43.0 Å². The number of rotatable bonds is 11. The number of nitrogens with zero attached hydrogens (tertiary/aromatic N) is 2. The van der Waals surface area contributed by atoms with Crippen molar-refractivity contribution < 1.29 is 9.90 Å². The van der Waals surface area contributed by atoms with Gasteiger partial charge in [-0.05, 0) is 55.5 Å². The molecule has 0 fully saturated rings. The standard InChI is InChI=1S/C31H36N2O2/c1-2-32-27(23-25-15-10-12-19-29(25)32)17-7-4-3-5-8-18-28-24-26-16-11-13-20-30(26)33(28)22-14-6-9-21-31(34)35/h3-5,7-8,10-13,15-20,28H,2,6,9,14,21-24H2,1H3,(H,34,35)/b5-3+,7-4+,18-8+,27-17-. The normalized spacial score (nSPS) is 18.4. The highest BCUT2D eigenvalue weighted by Gasteiger charge is 2.26.